The van der Waals surface area contributed by atoms with E-state index in [1.807, 2.05) is 13.0 Å². The predicted molar refractivity (Wildman–Crippen MR) is 106 cm³/mol. The van der Waals surface area contributed by atoms with Crippen LogP contribution in [0.5, 0.6) is 0 Å². The van der Waals surface area contributed by atoms with Crippen LogP contribution in [0.15, 0.2) is 42.5 Å². The second-order valence-corrected chi connectivity index (χ2v) is 6.52. The van der Waals surface area contributed by atoms with Crippen molar-refractivity contribution in [3.05, 3.63) is 65.0 Å². The average molecular weight is 392 g/mol. The number of anilines is 1. The Hall–Kier alpha value is -2.60. The van der Waals surface area contributed by atoms with Crippen molar-refractivity contribution < 1.29 is 14.0 Å². The molecule has 0 unspecified atom stereocenters. The standard InChI is InChI=1S/C20H22FN3O2.ClH/c1-14-6-7-17(22)13-18(14)20(26)24-9-3-8-23(10-11-24)19(25)15-4-2-5-16(21)12-15;/h2,4-7,12-13H,3,8-11,22H2,1H3;1H. The van der Waals surface area contributed by atoms with E-state index in [0.717, 1.165) is 5.56 Å². The van der Waals surface area contributed by atoms with Gasteiger partial charge in [-0.15, -0.1) is 12.4 Å². The van der Waals surface area contributed by atoms with Crippen LogP contribution in [0.4, 0.5) is 10.1 Å². The summed E-state index contributed by atoms with van der Waals surface area (Å²) in [6, 6.07) is 11.0. The molecule has 1 aliphatic heterocycles. The number of halogens is 2. The van der Waals surface area contributed by atoms with E-state index in [4.69, 9.17) is 5.73 Å². The van der Waals surface area contributed by atoms with Gasteiger partial charge in [0, 0.05) is 43.0 Å². The summed E-state index contributed by atoms with van der Waals surface area (Å²) in [5, 5.41) is 0. The maximum absolute atomic E-state index is 13.4. The highest BCUT2D eigenvalue weighted by Crippen LogP contribution is 2.17. The van der Waals surface area contributed by atoms with Gasteiger partial charge in [-0.1, -0.05) is 12.1 Å². The van der Waals surface area contributed by atoms with Gasteiger partial charge in [0.05, 0.1) is 0 Å². The van der Waals surface area contributed by atoms with Gasteiger partial charge in [0.25, 0.3) is 11.8 Å². The molecule has 1 heterocycles. The van der Waals surface area contributed by atoms with Crippen molar-refractivity contribution in [1.82, 2.24) is 9.80 Å². The van der Waals surface area contributed by atoms with Crippen LogP contribution in [0.1, 0.15) is 32.7 Å². The lowest BCUT2D eigenvalue weighted by atomic mass is 10.1. The van der Waals surface area contributed by atoms with Crippen molar-refractivity contribution in [2.75, 3.05) is 31.9 Å². The number of carbonyl (C=O) groups excluding carboxylic acids is 2. The van der Waals surface area contributed by atoms with Crippen LogP contribution in [0.3, 0.4) is 0 Å². The number of hydrogen-bond acceptors (Lipinski definition) is 3. The Morgan fingerprint density at radius 3 is 2.30 bits per heavy atom. The van der Waals surface area contributed by atoms with Gasteiger partial charge in [-0.25, -0.2) is 4.39 Å². The second-order valence-electron chi connectivity index (χ2n) is 6.52. The largest absolute Gasteiger partial charge is 0.399 e. The molecule has 0 bridgehead atoms. The average Bonchev–Trinajstić information content (AvgIpc) is 2.88. The minimum absolute atomic E-state index is 0. The number of amides is 2. The van der Waals surface area contributed by atoms with Gasteiger partial charge in [0.1, 0.15) is 5.82 Å². The maximum Gasteiger partial charge on any atom is 0.254 e. The van der Waals surface area contributed by atoms with Crippen LogP contribution in [0.2, 0.25) is 0 Å². The number of aryl methyl sites for hydroxylation is 1. The third-order valence-electron chi connectivity index (χ3n) is 4.63. The fraction of sp³-hybridized carbons (Fsp3) is 0.300. The summed E-state index contributed by atoms with van der Waals surface area (Å²) in [6.07, 6.45) is 0.675. The summed E-state index contributed by atoms with van der Waals surface area (Å²) >= 11 is 0. The third kappa shape index (κ3) is 4.77. The molecule has 0 saturated carbocycles. The monoisotopic (exact) mass is 391 g/mol. The normalized spacial score (nSPS) is 14.3. The van der Waals surface area contributed by atoms with E-state index in [-0.39, 0.29) is 24.2 Å². The van der Waals surface area contributed by atoms with Gasteiger partial charge in [0.2, 0.25) is 0 Å². The molecule has 1 aliphatic rings. The molecule has 3 rings (SSSR count). The molecule has 2 amide bonds. The molecular weight excluding hydrogens is 369 g/mol. The smallest absolute Gasteiger partial charge is 0.254 e. The van der Waals surface area contributed by atoms with Crippen molar-refractivity contribution >= 4 is 29.9 Å². The van der Waals surface area contributed by atoms with Crippen molar-refractivity contribution in [2.45, 2.75) is 13.3 Å². The highest BCUT2D eigenvalue weighted by molar-refractivity contribution is 5.97. The van der Waals surface area contributed by atoms with Gasteiger partial charge in [0.15, 0.2) is 0 Å². The lowest BCUT2D eigenvalue weighted by molar-refractivity contribution is 0.0718. The van der Waals surface area contributed by atoms with Crippen molar-refractivity contribution in [3.8, 4) is 0 Å². The van der Waals surface area contributed by atoms with Gasteiger partial charge in [-0.05, 0) is 49.2 Å². The van der Waals surface area contributed by atoms with Gasteiger partial charge in [-0.2, -0.15) is 0 Å². The summed E-state index contributed by atoms with van der Waals surface area (Å²) in [5.74, 6) is -0.714. The molecule has 0 spiro atoms. The summed E-state index contributed by atoms with van der Waals surface area (Å²) in [4.78, 5) is 28.8. The highest BCUT2D eigenvalue weighted by Gasteiger charge is 2.24. The first-order valence-electron chi connectivity index (χ1n) is 8.66. The number of rotatable bonds is 2. The molecule has 2 N–H and O–H groups in total. The van der Waals surface area contributed by atoms with Crippen LogP contribution >= 0.6 is 12.4 Å². The topological polar surface area (TPSA) is 66.6 Å². The number of nitrogens with zero attached hydrogens (tertiary/aromatic N) is 2. The second kappa shape index (κ2) is 8.86. The first kappa shape index (κ1) is 20.7. The number of hydrogen-bond donors (Lipinski definition) is 1. The predicted octanol–water partition coefficient (Wildman–Crippen LogP) is 3.13. The van der Waals surface area contributed by atoms with E-state index in [1.54, 1.807) is 28.0 Å². The third-order valence-corrected chi connectivity index (χ3v) is 4.63. The van der Waals surface area contributed by atoms with Gasteiger partial charge in [-0.3, -0.25) is 9.59 Å². The Morgan fingerprint density at radius 1 is 0.963 bits per heavy atom. The van der Waals surface area contributed by atoms with E-state index >= 15 is 0 Å². The molecule has 0 aromatic heterocycles. The summed E-state index contributed by atoms with van der Waals surface area (Å²) < 4.78 is 13.4. The van der Waals surface area contributed by atoms with E-state index in [0.29, 0.717) is 49.4 Å². The molecular formula is C20H23ClFN3O2. The molecule has 0 aliphatic carbocycles. The van der Waals surface area contributed by atoms with Crippen molar-refractivity contribution in [2.24, 2.45) is 0 Å². The molecule has 0 radical (unpaired) electrons. The zero-order valence-corrected chi connectivity index (χ0v) is 16.0. The van der Waals surface area contributed by atoms with E-state index in [2.05, 4.69) is 0 Å². The van der Waals surface area contributed by atoms with Gasteiger partial charge >= 0.3 is 0 Å². The Kier molecular flexibility index (Phi) is 6.80. The van der Waals surface area contributed by atoms with E-state index in [1.165, 1.54) is 18.2 Å². The molecule has 2 aromatic carbocycles. The van der Waals surface area contributed by atoms with Crippen LogP contribution in [-0.2, 0) is 0 Å². The van der Waals surface area contributed by atoms with E-state index in [9.17, 15) is 14.0 Å². The first-order chi connectivity index (χ1) is 12.5. The molecule has 5 nitrogen and oxygen atoms in total. The number of benzene rings is 2. The van der Waals surface area contributed by atoms with Crippen LogP contribution in [0.25, 0.3) is 0 Å². The molecule has 27 heavy (non-hydrogen) atoms. The number of nitrogen functional groups attached to an aromatic ring is 1. The lowest BCUT2D eigenvalue weighted by Gasteiger charge is -2.23. The summed E-state index contributed by atoms with van der Waals surface area (Å²) in [7, 11) is 0. The highest BCUT2D eigenvalue weighted by atomic mass is 35.5. The molecule has 0 atom stereocenters. The minimum Gasteiger partial charge on any atom is -0.399 e. The quantitative estimate of drug-likeness (QED) is 0.800. The van der Waals surface area contributed by atoms with Crippen LogP contribution < -0.4 is 5.73 Å². The Bertz CT molecular complexity index is 844. The molecule has 2 aromatic rings. The molecule has 144 valence electrons. The minimum atomic E-state index is -0.431. The Labute approximate surface area is 164 Å². The first-order valence-corrected chi connectivity index (χ1v) is 8.66. The van der Waals surface area contributed by atoms with Gasteiger partial charge < -0.3 is 15.5 Å². The van der Waals surface area contributed by atoms with Crippen molar-refractivity contribution in [1.29, 1.82) is 0 Å². The molecule has 7 heteroatoms. The summed E-state index contributed by atoms with van der Waals surface area (Å²) in [6.45, 7) is 3.84. The maximum atomic E-state index is 13.4. The lowest BCUT2D eigenvalue weighted by Crippen LogP contribution is -2.37. The number of carbonyl (C=O) groups is 2. The molecule has 1 fully saturated rings. The van der Waals surface area contributed by atoms with E-state index < -0.39 is 5.82 Å². The van der Waals surface area contributed by atoms with Crippen LogP contribution in [-0.4, -0.2) is 47.8 Å². The van der Waals surface area contributed by atoms with Crippen LogP contribution in [0, 0.1) is 12.7 Å². The SMILES string of the molecule is Cc1ccc(N)cc1C(=O)N1CCCN(C(=O)c2cccc(F)c2)CC1.Cl. The fourth-order valence-electron chi connectivity index (χ4n) is 3.17. The number of nitrogens with two attached hydrogens (primary N) is 1. The Balaban J connectivity index is 0.00000261. The Morgan fingerprint density at radius 2 is 1.63 bits per heavy atom. The molecule has 1 saturated heterocycles. The zero-order valence-electron chi connectivity index (χ0n) is 15.2. The fourth-order valence-corrected chi connectivity index (χ4v) is 3.17. The van der Waals surface area contributed by atoms with Crippen molar-refractivity contribution in [3.63, 3.8) is 0 Å². The summed E-state index contributed by atoms with van der Waals surface area (Å²) in [5.41, 5.74) is 8.16. The zero-order chi connectivity index (χ0) is 18.7.